The molecule has 1 aliphatic heterocycles. The summed E-state index contributed by atoms with van der Waals surface area (Å²) in [4.78, 5) is 37.7. The summed E-state index contributed by atoms with van der Waals surface area (Å²) in [5, 5.41) is 2.96. The molecule has 0 spiro atoms. The van der Waals surface area contributed by atoms with Gasteiger partial charge in [0, 0.05) is 25.5 Å². The molecule has 0 aliphatic carbocycles. The van der Waals surface area contributed by atoms with Crippen LogP contribution >= 0.6 is 0 Å². The van der Waals surface area contributed by atoms with E-state index in [9.17, 15) is 14.4 Å². The Morgan fingerprint density at radius 3 is 2.29 bits per heavy atom. The number of carbonyl (C=O) groups excluding carboxylic acids is 3. The number of esters is 1. The fourth-order valence-corrected chi connectivity index (χ4v) is 4.78. The third kappa shape index (κ3) is 6.36. The number of hydrogen-bond donors (Lipinski definition) is 2. The molecule has 1 aromatic rings. The number of benzene rings is 1. The molecule has 1 heterocycles. The van der Waals surface area contributed by atoms with E-state index in [0.717, 1.165) is 5.56 Å². The van der Waals surface area contributed by atoms with Gasteiger partial charge in [0.25, 0.3) is 0 Å². The molecule has 0 saturated carbocycles. The average molecular weight is 495 g/mol. The highest BCUT2D eigenvalue weighted by Crippen LogP contribution is 2.47. The van der Waals surface area contributed by atoms with Gasteiger partial charge in [-0.15, -0.1) is 0 Å². The molecule has 3 atom stereocenters. The van der Waals surface area contributed by atoms with Crippen LogP contribution in [0, 0.1) is 17.3 Å². The van der Waals surface area contributed by atoms with Gasteiger partial charge in [-0.1, -0.05) is 13.8 Å². The molecule has 0 radical (unpaired) electrons. The first kappa shape index (κ1) is 28.2. The molecule has 1 aromatic carbocycles. The summed E-state index contributed by atoms with van der Waals surface area (Å²) in [6, 6.07) is 3.73. The smallest absolute Gasteiger partial charge is 0.308 e. The lowest BCUT2D eigenvalue weighted by Crippen LogP contribution is -2.54. The van der Waals surface area contributed by atoms with E-state index < -0.39 is 29.5 Å². The minimum Gasteiger partial charge on any atom is -0.493 e. The maximum absolute atomic E-state index is 13.6. The molecule has 0 aromatic heterocycles. The first-order chi connectivity index (χ1) is 16.6. The molecule has 35 heavy (non-hydrogen) atoms. The summed E-state index contributed by atoms with van der Waals surface area (Å²) in [5.41, 5.74) is 5.27. The Labute approximate surface area is 206 Å². The normalized spacial score (nSPS) is 19.1. The van der Waals surface area contributed by atoms with Gasteiger partial charge in [0.15, 0.2) is 11.5 Å². The number of aryl methyl sites for hydroxylation is 1. The molecule has 1 aliphatic rings. The lowest BCUT2D eigenvalue weighted by Gasteiger charge is -2.41. The van der Waals surface area contributed by atoms with Gasteiger partial charge in [0.05, 0.1) is 33.2 Å². The molecule has 3 unspecified atom stereocenters. The highest BCUT2D eigenvalue weighted by molar-refractivity contribution is 5.90. The van der Waals surface area contributed by atoms with Crippen molar-refractivity contribution in [1.82, 2.24) is 5.32 Å². The maximum Gasteiger partial charge on any atom is 0.308 e. The molecule has 1 fully saturated rings. The molecule has 10 nitrogen and oxygen atoms in total. The fraction of sp³-hybridized carbons (Fsp3) is 0.640. The third-order valence-electron chi connectivity index (χ3n) is 6.53. The van der Waals surface area contributed by atoms with Crippen LogP contribution in [0.5, 0.6) is 17.2 Å². The number of ether oxygens (including phenoxy) is 5. The zero-order valence-electron chi connectivity index (χ0n) is 21.5. The number of nitrogens with two attached hydrogens (primary N) is 1. The van der Waals surface area contributed by atoms with Crippen LogP contribution in [0.25, 0.3) is 0 Å². The standard InChI is InChI=1S/C25H38N2O8/c1-7-34-23-17(13-21(29)35-23)25(15(2)3,14-20(26)28)24(30)27-10-8-9-16-11-18(31-4)22(33-6)19(12-16)32-5/h11-12,15,17,23H,7-10,13-14H2,1-6H3,(H2,26,28)(H,27,30). The average Bonchev–Trinajstić information content (AvgIpc) is 3.19. The summed E-state index contributed by atoms with van der Waals surface area (Å²) in [5.74, 6) is -0.733. The number of nitrogens with one attached hydrogen (secondary N) is 1. The van der Waals surface area contributed by atoms with Crippen LogP contribution in [-0.2, 0) is 30.3 Å². The van der Waals surface area contributed by atoms with E-state index in [4.69, 9.17) is 29.4 Å². The van der Waals surface area contributed by atoms with E-state index in [0.29, 0.717) is 43.2 Å². The Kier molecular flexibility index (Phi) is 10.2. The van der Waals surface area contributed by atoms with Crippen molar-refractivity contribution in [3.05, 3.63) is 17.7 Å². The summed E-state index contributed by atoms with van der Waals surface area (Å²) < 4.78 is 27.1. The fourth-order valence-electron chi connectivity index (χ4n) is 4.78. The SMILES string of the molecule is CCOC1OC(=O)CC1C(CC(N)=O)(C(=O)NCCCc1cc(OC)c(OC)c(OC)c1)C(C)C. The van der Waals surface area contributed by atoms with E-state index in [1.807, 2.05) is 26.0 Å². The van der Waals surface area contributed by atoms with Crippen LogP contribution < -0.4 is 25.3 Å². The van der Waals surface area contributed by atoms with E-state index in [1.165, 1.54) is 0 Å². The van der Waals surface area contributed by atoms with E-state index in [2.05, 4.69) is 5.32 Å². The zero-order valence-corrected chi connectivity index (χ0v) is 21.5. The number of methoxy groups -OCH3 is 3. The van der Waals surface area contributed by atoms with Crippen molar-refractivity contribution in [3.8, 4) is 17.2 Å². The summed E-state index contributed by atoms with van der Waals surface area (Å²) in [6.07, 6.45) is 0.112. The molecule has 2 amide bonds. The Morgan fingerprint density at radius 2 is 1.80 bits per heavy atom. The van der Waals surface area contributed by atoms with Gasteiger partial charge in [0.2, 0.25) is 23.9 Å². The van der Waals surface area contributed by atoms with E-state index in [-0.39, 0.29) is 24.7 Å². The van der Waals surface area contributed by atoms with Crippen LogP contribution in [0.15, 0.2) is 12.1 Å². The number of hydrogen-bond acceptors (Lipinski definition) is 8. The molecular formula is C25H38N2O8. The summed E-state index contributed by atoms with van der Waals surface area (Å²) in [6.45, 7) is 6.10. The van der Waals surface area contributed by atoms with Crippen LogP contribution in [0.3, 0.4) is 0 Å². The van der Waals surface area contributed by atoms with Gasteiger partial charge in [-0.25, -0.2) is 0 Å². The Hall–Kier alpha value is -3.01. The Balaban J connectivity index is 2.18. The predicted octanol–water partition coefficient (Wildman–Crippen LogP) is 2.20. The van der Waals surface area contributed by atoms with Crippen LogP contribution in [0.1, 0.15) is 45.6 Å². The first-order valence-corrected chi connectivity index (χ1v) is 11.8. The minimum atomic E-state index is -1.25. The van der Waals surface area contributed by atoms with Gasteiger partial charge >= 0.3 is 5.97 Å². The monoisotopic (exact) mass is 494 g/mol. The van der Waals surface area contributed by atoms with Crippen molar-refractivity contribution in [3.63, 3.8) is 0 Å². The highest BCUT2D eigenvalue weighted by Gasteiger charge is 2.56. The highest BCUT2D eigenvalue weighted by atomic mass is 16.7. The molecule has 1 saturated heterocycles. The molecule has 3 N–H and O–H groups in total. The van der Waals surface area contributed by atoms with Gasteiger partial charge in [0.1, 0.15) is 0 Å². The first-order valence-electron chi connectivity index (χ1n) is 11.8. The van der Waals surface area contributed by atoms with Crippen molar-refractivity contribution in [2.45, 2.75) is 52.7 Å². The van der Waals surface area contributed by atoms with Crippen LogP contribution in [0.2, 0.25) is 0 Å². The number of rotatable bonds is 14. The quantitative estimate of drug-likeness (QED) is 0.297. The predicted molar refractivity (Wildman–Crippen MR) is 128 cm³/mol. The summed E-state index contributed by atoms with van der Waals surface area (Å²) >= 11 is 0. The lowest BCUT2D eigenvalue weighted by molar-refractivity contribution is -0.180. The number of primary amides is 1. The maximum atomic E-state index is 13.6. The van der Waals surface area contributed by atoms with E-state index >= 15 is 0 Å². The second-order valence-corrected chi connectivity index (χ2v) is 8.86. The zero-order chi connectivity index (χ0) is 26.2. The number of carbonyl (C=O) groups is 3. The van der Waals surface area contributed by atoms with Gasteiger partial charge in [-0.05, 0) is 43.4 Å². The Morgan fingerprint density at radius 1 is 1.17 bits per heavy atom. The van der Waals surface area contributed by atoms with Gasteiger partial charge < -0.3 is 34.7 Å². The van der Waals surface area contributed by atoms with Gasteiger partial charge in [-0.2, -0.15) is 0 Å². The van der Waals surface area contributed by atoms with Crippen molar-refractivity contribution >= 4 is 17.8 Å². The van der Waals surface area contributed by atoms with Crippen molar-refractivity contribution in [2.75, 3.05) is 34.5 Å². The molecule has 196 valence electrons. The van der Waals surface area contributed by atoms with Crippen LogP contribution in [0.4, 0.5) is 0 Å². The Bertz CT molecular complexity index is 878. The second kappa shape index (κ2) is 12.6. The van der Waals surface area contributed by atoms with Gasteiger partial charge in [-0.3, -0.25) is 14.4 Å². The molecule has 10 heteroatoms. The van der Waals surface area contributed by atoms with E-state index in [1.54, 1.807) is 28.3 Å². The van der Waals surface area contributed by atoms with Crippen molar-refractivity contribution in [1.29, 1.82) is 0 Å². The molecule has 0 bridgehead atoms. The van der Waals surface area contributed by atoms with Crippen molar-refractivity contribution in [2.24, 2.45) is 23.0 Å². The second-order valence-electron chi connectivity index (χ2n) is 8.86. The van der Waals surface area contributed by atoms with Crippen molar-refractivity contribution < 1.29 is 38.1 Å². The van der Waals surface area contributed by atoms with Crippen LogP contribution in [-0.4, -0.2) is 58.6 Å². The lowest BCUT2D eigenvalue weighted by atomic mass is 9.63. The molecular weight excluding hydrogens is 456 g/mol. The number of amides is 2. The largest absolute Gasteiger partial charge is 0.493 e. The summed E-state index contributed by atoms with van der Waals surface area (Å²) in [7, 11) is 4.65. The molecule has 2 rings (SSSR count). The minimum absolute atomic E-state index is 0.0189. The third-order valence-corrected chi connectivity index (χ3v) is 6.53. The topological polar surface area (TPSA) is 135 Å². The number of cyclic esters (lactones) is 1.